The van der Waals surface area contributed by atoms with Crippen LogP contribution >= 0.6 is 0 Å². The molecular formula is C13H19N3O4. The Bertz CT molecular complexity index is 495. The number of carbonyl (C=O) groups is 1. The van der Waals surface area contributed by atoms with Gasteiger partial charge in [-0.3, -0.25) is 4.79 Å². The van der Waals surface area contributed by atoms with Crippen LogP contribution in [0.15, 0.2) is 6.07 Å². The number of carboxylic acid groups (broad SMARTS) is 1. The van der Waals surface area contributed by atoms with E-state index in [9.17, 15) is 9.90 Å². The van der Waals surface area contributed by atoms with Crippen molar-refractivity contribution in [1.29, 1.82) is 0 Å². The summed E-state index contributed by atoms with van der Waals surface area (Å²) in [7, 11) is 1.78. The summed E-state index contributed by atoms with van der Waals surface area (Å²) in [4.78, 5) is 21.6. The second kappa shape index (κ2) is 6.04. The first kappa shape index (κ1) is 14.5. The fourth-order valence-electron chi connectivity index (χ4n) is 2.21. The van der Waals surface area contributed by atoms with E-state index in [-0.39, 0.29) is 12.6 Å². The molecule has 1 fully saturated rings. The third-order valence-corrected chi connectivity index (χ3v) is 3.29. The summed E-state index contributed by atoms with van der Waals surface area (Å²) in [5.74, 6) is -0.487. The summed E-state index contributed by atoms with van der Waals surface area (Å²) >= 11 is 0. The molecule has 7 nitrogen and oxygen atoms in total. The Kier molecular flexibility index (Phi) is 4.39. The van der Waals surface area contributed by atoms with E-state index in [0.29, 0.717) is 25.0 Å². The van der Waals surface area contributed by atoms with Crippen molar-refractivity contribution < 1.29 is 19.4 Å². The number of carboxylic acids is 1. The number of aromatic nitrogens is 2. The highest BCUT2D eigenvalue weighted by Crippen LogP contribution is 2.23. The van der Waals surface area contributed by atoms with Crippen LogP contribution in [0.25, 0.3) is 0 Å². The van der Waals surface area contributed by atoms with Crippen LogP contribution in [0.2, 0.25) is 0 Å². The molecule has 2 unspecified atom stereocenters. The minimum absolute atomic E-state index is 0.217. The van der Waals surface area contributed by atoms with Crippen molar-refractivity contribution in [2.45, 2.75) is 19.9 Å². The zero-order valence-corrected chi connectivity index (χ0v) is 11.9. The first-order valence-corrected chi connectivity index (χ1v) is 6.54. The number of aliphatic carboxylic acids is 1. The standard InChI is InChI=1S/C13H19N3O4/c1-4-20-11-5-8(2)14-13(15-11)16(3)10-7-19-6-9(10)12(17)18/h5,9-10H,4,6-7H2,1-3H3,(H,17,18). The van der Waals surface area contributed by atoms with Gasteiger partial charge in [-0.2, -0.15) is 4.98 Å². The van der Waals surface area contributed by atoms with E-state index in [4.69, 9.17) is 9.47 Å². The first-order chi connectivity index (χ1) is 9.52. The average molecular weight is 281 g/mol. The van der Waals surface area contributed by atoms with Crippen molar-refractivity contribution in [3.63, 3.8) is 0 Å². The molecular weight excluding hydrogens is 262 g/mol. The summed E-state index contributed by atoms with van der Waals surface area (Å²) < 4.78 is 10.7. The molecule has 0 aliphatic carbocycles. The van der Waals surface area contributed by atoms with Crippen molar-refractivity contribution in [3.8, 4) is 5.88 Å². The van der Waals surface area contributed by atoms with Crippen LogP contribution in [0, 0.1) is 12.8 Å². The summed E-state index contributed by atoms with van der Waals surface area (Å²) in [5, 5.41) is 9.20. The molecule has 0 saturated carbocycles. The van der Waals surface area contributed by atoms with Gasteiger partial charge in [0, 0.05) is 18.8 Å². The Morgan fingerprint density at radius 1 is 1.55 bits per heavy atom. The quantitative estimate of drug-likeness (QED) is 0.851. The minimum atomic E-state index is -0.864. The molecule has 2 heterocycles. The van der Waals surface area contributed by atoms with Gasteiger partial charge in [-0.25, -0.2) is 4.98 Å². The average Bonchev–Trinajstić information content (AvgIpc) is 2.86. The molecule has 0 bridgehead atoms. The van der Waals surface area contributed by atoms with E-state index in [1.54, 1.807) is 18.0 Å². The lowest BCUT2D eigenvalue weighted by molar-refractivity contribution is -0.141. The topological polar surface area (TPSA) is 84.8 Å². The smallest absolute Gasteiger partial charge is 0.311 e. The highest BCUT2D eigenvalue weighted by Gasteiger charge is 2.37. The maximum absolute atomic E-state index is 11.2. The van der Waals surface area contributed by atoms with Gasteiger partial charge in [0.2, 0.25) is 11.8 Å². The van der Waals surface area contributed by atoms with Gasteiger partial charge in [-0.15, -0.1) is 0 Å². The van der Waals surface area contributed by atoms with Gasteiger partial charge in [0.05, 0.1) is 25.9 Å². The van der Waals surface area contributed by atoms with Gasteiger partial charge in [-0.1, -0.05) is 0 Å². The van der Waals surface area contributed by atoms with Crippen LogP contribution in [0.1, 0.15) is 12.6 Å². The Balaban J connectivity index is 2.23. The molecule has 1 N–H and O–H groups in total. The van der Waals surface area contributed by atoms with E-state index < -0.39 is 11.9 Å². The number of likely N-dealkylation sites (N-methyl/N-ethyl adjacent to an activating group) is 1. The van der Waals surface area contributed by atoms with Crippen molar-refractivity contribution in [1.82, 2.24) is 9.97 Å². The second-order valence-electron chi connectivity index (χ2n) is 4.74. The predicted octanol–water partition coefficient (Wildman–Crippen LogP) is 0.720. The van der Waals surface area contributed by atoms with E-state index in [2.05, 4.69) is 9.97 Å². The van der Waals surface area contributed by atoms with Gasteiger partial charge in [0.15, 0.2) is 0 Å². The van der Waals surface area contributed by atoms with Crippen molar-refractivity contribution in [3.05, 3.63) is 11.8 Å². The number of ether oxygens (including phenoxy) is 2. The van der Waals surface area contributed by atoms with Crippen LogP contribution in [-0.4, -0.2) is 54.0 Å². The number of anilines is 1. The normalized spacial score (nSPS) is 21.8. The Morgan fingerprint density at radius 2 is 2.30 bits per heavy atom. The highest BCUT2D eigenvalue weighted by atomic mass is 16.5. The third-order valence-electron chi connectivity index (χ3n) is 3.29. The number of rotatable bonds is 5. The Morgan fingerprint density at radius 3 is 2.95 bits per heavy atom. The molecule has 1 aromatic rings. The van der Waals surface area contributed by atoms with E-state index >= 15 is 0 Å². The molecule has 1 saturated heterocycles. The number of aryl methyl sites for hydroxylation is 1. The summed E-state index contributed by atoms with van der Waals surface area (Å²) in [6, 6.07) is 1.48. The van der Waals surface area contributed by atoms with Gasteiger partial charge in [-0.05, 0) is 13.8 Å². The molecule has 0 aromatic carbocycles. The van der Waals surface area contributed by atoms with Crippen LogP contribution in [-0.2, 0) is 9.53 Å². The summed E-state index contributed by atoms with van der Waals surface area (Å²) in [6.07, 6.45) is 0. The van der Waals surface area contributed by atoms with Gasteiger partial charge >= 0.3 is 5.97 Å². The monoisotopic (exact) mass is 281 g/mol. The molecule has 7 heteroatoms. The predicted molar refractivity (Wildman–Crippen MR) is 72.1 cm³/mol. The number of hydrogen-bond acceptors (Lipinski definition) is 6. The molecule has 20 heavy (non-hydrogen) atoms. The third kappa shape index (κ3) is 2.98. The van der Waals surface area contributed by atoms with Crippen LogP contribution in [0.5, 0.6) is 5.88 Å². The molecule has 2 atom stereocenters. The highest BCUT2D eigenvalue weighted by molar-refractivity contribution is 5.72. The number of nitrogens with zero attached hydrogens (tertiary/aromatic N) is 3. The molecule has 1 aliphatic rings. The second-order valence-corrected chi connectivity index (χ2v) is 4.74. The van der Waals surface area contributed by atoms with E-state index in [0.717, 1.165) is 5.69 Å². The van der Waals surface area contributed by atoms with Crippen molar-refractivity contribution >= 4 is 11.9 Å². The Hall–Kier alpha value is -1.89. The zero-order valence-electron chi connectivity index (χ0n) is 11.9. The fraction of sp³-hybridized carbons (Fsp3) is 0.615. The summed E-state index contributed by atoms with van der Waals surface area (Å²) in [5.41, 5.74) is 0.774. The molecule has 1 aliphatic heterocycles. The molecule has 0 radical (unpaired) electrons. The molecule has 0 amide bonds. The van der Waals surface area contributed by atoms with Crippen LogP contribution < -0.4 is 9.64 Å². The first-order valence-electron chi connectivity index (χ1n) is 6.54. The maximum Gasteiger partial charge on any atom is 0.311 e. The van der Waals surface area contributed by atoms with Gasteiger partial charge in [0.1, 0.15) is 5.92 Å². The van der Waals surface area contributed by atoms with Gasteiger partial charge < -0.3 is 19.5 Å². The molecule has 0 spiro atoms. The van der Waals surface area contributed by atoms with Crippen LogP contribution in [0.4, 0.5) is 5.95 Å². The lowest BCUT2D eigenvalue weighted by Crippen LogP contribution is -2.41. The van der Waals surface area contributed by atoms with E-state index in [1.165, 1.54) is 0 Å². The Labute approximate surface area is 117 Å². The SMILES string of the molecule is CCOc1cc(C)nc(N(C)C2COCC2C(=O)O)n1. The lowest BCUT2D eigenvalue weighted by atomic mass is 10.0. The van der Waals surface area contributed by atoms with Crippen LogP contribution in [0.3, 0.4) is 0 Å². The maximum atomic E-state index is 11.2. The van der Waals surface area contributed by atoms with E-state index in [1.807, 2.05) is 13.8 Å². The van der Waals surface area contributed by atoms with Gasteiger partial charge in [0.25, 0.3) is 0 Å². The summed E-state index contributed by atoms with van der Waals surface area (Å²) in [6.45, 7) is 4.82. The molecule has 2 rings (SSSR count). The molecule has 110 valence electrons. The zero-order chi connectivity index (χ0) is 14.7. The number of hydrogen-bond donors (Lipinski definition) is 1. The van der Waals surface area contributed by atoms with Crippen molar-refractivity contribution in [2.75, 3.05) is 31.8 Å². The molecule has 1 aromatic heterocycles. The largest absolute Gasteiger partial charge is 0.481 e. The van der Waals surface area contributed by atoms with Crippen molar-refractivity contribution in [2.24, 2.45) is 5.92 Å². The lowest BCUT2D eigenvalue weighted by Gasteiger charge is -2.26. The minimum Gasteiger partial charge on any atom is -0.481 e. The fourth-order valence-corrected chi connectivity index (χ4v) is 2.21.